The lowest BCUT2D eigenvalue weighted by atomic mass is 10.1. The van der Waals surface area contributed by atoms with Crippen molar-refractivity contribution in [3.05, 3.63) is 29.3 Å². The number of hydrogen-bond acceptors (Lipinski definition) is 3. The zero-order chi connectivity index (χ0) is 10.8. The molecule has 0 bridgehead atoms. The maximum atomic E-state index is 10.9. The van der Waals surface area contributed by atoms with E-state index in [1.807, 2.05) is 0 Å². The molecule has 1 amide bonds. The van der Waals surface area contributed by atoms with Crippen LogP contribution in [0.1, 0.15) is 33.6 Å². The van der Waals surface area contributed by atoms with E-state index in [0.717, 1.165) is 12.8 Å². The van der Waals surface area contributed by atoms with Crippen molar-refractivity contribution in [2.75, 3.05) is 0 Å². The lowest BCUT2D eigenvalue weighted by molar-refractivity contribution is 0.0993. The fourth-order valence-corrected chi connectivity index (χ4v) is 1.31. The Kier molecular flexibility index (Phi) is 2.41. The predicted octanol–water partition coefficient (Wildman–Crippen LogP) is 1.14. The number of ether oxygens (including phenoxy) is 1. The molecule has 1 fully saturated rings. The molecule has 1 aromatic carbocycles. The lowest BCUT2D eigenvalue weighted by Crippen LogP contribution is -2.13. The van der Waals surface area contributed by atoms with Crippen LogP contribution in [0, 0.1) is 0 Å². The number of benzene rings is 1. The Hall–Kier alpha value is -1.84. The van der Waals surface area contributed by atoms with Crippen molar-refractivity contribution in [1.82, 2.24) is 0 Å². The molecule has 4 nitrogen and oxygen atoms in total. The van der Waals surface area contributed by atoms with Gasteiger partial charge in [-0.3, -0.25) is 9.59 Å². The number of nitrogens with two attached hydrogens (primary N) is 1. The van der Waals surface area contributed by atoms with Gasteiger partial charge in [0.05, 0.1) is 6.10 Å². The van der Waals surface area contributed by atoms with E-state index in [-0.39, 0.29) is 17.2 Å². The fraction of sp³-hybridized carbons (Fsp3) is 0.273. The molecule has 78 valence electrons. The number of hydrogen-bond donors (Lipinski definition) is 1. The molecule has 2 N–H and O–H groups in total. The zero-order valence-electron chi connectivity index (χ0n) is 8.10. The largest absolute Gasteiger partial charge is 0.490 e. The molecule has 0 aromatic heterocycles. The predicted molar refractivity (Wildman–Crippen MR) is 54.0 cm³/mol. The first-order chi connectivity index (χ1) is 7.20. The molecule has 0 heterocycles. The molecule has 0 saturated heterocycles. The molecule has 4 heteroatoms. The number of primary amides is 1. The number of amides is 1. The second-order valence-electron chi connectivity index (χ2n) is 3.55. The summed E-state index contributed by atoms with van der Waals surface area (Å²) in [7, 11) is 0. The molecule has 1 saturated carbocycles. The average Bonchev–Trinajstić information content (AvgIpc) is 3.01. The van der Waals surface area contributed by atoms with Crippen LogP contribution in [0.2, 0.25) is 0 Å². The molecule has 0 unspecified atom stereocenters. The van der Waals surface area contributed by atoms with Crippen LogP contribution in [0.5, 0.6) is 5.75 Å². The van der Waals surface area contributed by atoms with Crippen LogP contribution in [0.3, 0.4) is 0 Å². The third kappa shape index (κ3) is 2.15. The van der Waals surface area contributed by atoms with Gasteiger partial charge in [-0.15, -0.1) is 0 Å². The summed E-state index contributed by atoms with van der Waals surface area (Å²) in [6.07, 6.45) is 2.98. The van der Waals surface area contributed by atoms with Gasteiger partial charge >= 0.3 is 0 Å². The number of carbonyl (C=O) groups excluding carboxylic acids is 2. The Morgan fingerprint density at radius 1 is 1.47 bits per heavy atom. The van der Waals surface area contributed by atoms with E-state index in [2.05, 4.69) is 0 Å². The fourth-order valence-electron chi connectivity index (χ4n) is 1.31. The van der Waals surface area contributed by atoms with Gasteiger partial charge in [-0.05, 0) is 31.0 Å². The van der Waals surface area contributed by atoms with Crippen molar-refractivity contribution < 1.29 is 14.3 Å². The summed E-state index contributed by atoms with van der Waals surface area (Å²) in [5.41, 5.74) is 5.62. The summed E-state index contributed by atoms with van der Waals surface area (Å²) in [6, 6.07) is 4.72. The van der Waals surface area contributed by atoms with E-state index in [1.165, 1.54) is 6.07 Å². The van der Waals surface area contributed by atoms with Gasteiger partial charge in [-0.2, -0.15) is 0 Å². The van der Waals surface area contributed by atoms with Crippen molar-refractivity contribution in [2.45, 2.75) is 18.9 Å². The summed E-state index contributed by atoms with van der Waals surface area (Å²) in [5, 5.41) is 0. The minimum absolute atomic E-state index is 0.230. The minimum atomic E-state index is -0.602. The molecule has 1 aromatic rings. The summed E-state index contributed by atoms with van der Waals surface area (Å²) < 4.78 is 5.49. The Balaban J connectivity index is 2.28. The molecular formula is C11H11NO3. The van der Waals surface area contributed by atoms with Crippen molar-refractivity contribution in [2.24, 2.45) is 5.73 Å². The minimum Gasteiger partial charge on any atom is -0.490 e. The first kappa shape index (κ1) is 9.71. The molecule has 1 aliphatic rings. The van der Waals surface area contributed by atoms with E-state index in [0.29, 0.717) is 12.0 Å². The van der Waals surface area contributed by atoms with Gasteiger partial charge in [0.2, 0.25) is 5.91 Å². The van der Waals surface area contributed by atoms with Gasteiger partial charge in [-0.1, -0.05) is 0 Å². The van der Waals surface area contributed by atoms with Crippen LogP contribution >= 0.6 is 0 Å². The highest BCUT2D eigenvalue weighted by Gasteiger charge is 2.23. The molecule has 0 aliphatic heterocycles. The number of carbonyl (C=O) groups is 2. The Bertz CT molecular complexity index is 410. The van der Waals surface area contributed by atoms with Crippen LogP contribution in [0.25, 0.3) is 0 Å². The molecule has 0 spiro atoms. The highest BCUT2D eigenvalue weighted by atomic mass is 16.5. The van der Waals surface area contributed by atoms with E-state index < -0.39 is 5.91 Å². The first-order valence-corrected chi connectivity index (χ1v) is 4.76. The quantitative estimate of drug-likeness (QED) is 0.749. The second kappa shape index (κ2) is 3.73. The van der Waals surface area contributed by atoms with Gasteiger partial charge in [0, 0.05) is 11.1 Å². The first-order valence-electron chi connectivity index (χ1n) is 4.76. The average molecular weight is 205 g/mol. The normalized spacial score (nSPS) is 14.7. The smallest absolute Gasteiger partial charge is 0.249 e. The van der Waals surface area contributed by atoms with Gasteiger partial charge in [0.25, 0.3) is 0 Å². The second-order valence-corrected chi connectivity index (χ2v) is 3.55. The molecule has 2 rings (SSSR count). The number of aldehydes is 1. The van der Waals surface area contributed by atoms with Crippen molar-refractivity contribution >= 4 is 12.2 Å². The van der Waals surface area contributed by atoms with Crippen LogP contribution < -0.4 is 10.5 Å². The topological polar surface area (TPSA) is 69.4 Å². The Morgan fingerprint density at radius 3 is 2.73 bits per heavy atom. The van der Waals surface area contributed by atoms with Gasteiger partial charge < -0.3 is 10.5 Å². The Labute approximate surface area is 87.0 Å². The van der Waals surface area contributed by atoms with Crippen molar-refractivity contribution in [3.63, 3.8) is 0 Å². The van der Waals surface area contributed by atoms with Gasteiger partial charge in [0.1, 0.15) is 5.75 Å². The summed E-state index contributed by atoms with van der Waals surface area (Å²) in [5.74, 6) is 0.0136. The third-order valence-corrected chi connectivity index (χ3v) is 2.24. The standard InChI is InChI=1S/C11H11NO3/c12-11(14)10-4-3-9(5-7(10)6-13)15-8-1-2-8/h3-6,8H,1-2H2,(H2,12,14). The molecule has 1 aliphatic carbocycles. The summed E-state index contributed by atoms with van der Waals surface area (Å²) in [4.78, 5) is 21.7. The Morgan fingerprint density at radius 2 is 2.20 bits per heavy atom. The van der Waals surface area contributed by atoms with E-state index in [9.17, 15) is 9.59 Å². The molecular weight excluding hydrogens is 194 g/mol. The summed E-state index contributed by atoms with van der Waals surface area (Å²) >= 11 is 0. The van der Waals surface area contributed by atoms with E-state index >= 15 is 0 Å². The van der Waals surface area contributed by atoms with Crippen molar-refractivity contribution in [1.29, 1.82) is 0 Å². The molecule has 15 heavy (non-hydrogen) atoms. The van der Waals surface area contributed by atoms with Crippen LogP contribution in [0.15, 0.2) is 18.2 Å². The van der Waals surface area contributed by atoms with Crippen LogP contribution in [0.4, 0.5) is 0 Å². The molecule has 0 atom stereocenters. The van der Waals surface area contributed by atoms with Crippen LogP contribution in [-0.2, 0) is 0 Å². The van der Waals surface area contributed by atoms with Gasteiger partial charge in [0.15, 0.2) is 6.29 Å². The van der Waals surface area contributed by atoms with E-state index in [1.54, 1.807) is 12.1 Å². The number of rotatable bonds is 4. The zero-order valence-corrected chi connectivity index (χ0v) is 8.10. The van der Waals surface area contributed by atoms with Gasteiger partial charge in [-0.25, -0.2) is 0 Å². The third-order valence-electron chi connectivity index (χ3n) is 2.24. The highest BCUT2D eigenvalue weighted by molar-refractivity contribution is 6.00. The highest BCUT2D eigenvalue weighted by Crippen LogP contribution is 2.27. The van der Waals surface area contributed by atoms with Crippen LogP contribution in [-0.4, -0.2) is 18.3 Å². The maximum Gasteiger partial charge on any atom is 0.249 e. The maximum absolute atomic E-state index is 10.9. The SMILES string of the molecule is NC(=O)c1ccc(OC2CC2)cc1C=O. The summed E-state index contributed by atoms with van der Waals surface area (Å²) in [6.45, 7) is 0. The lowest BCUT2D eigenvalue weighted by Gasteiger charge is -2.06. The monoisotopic (exact) mass is 205 g/mol. The van der Waals surface area contributed by atoms with E-state index in [4.69, 9.17) is 10.5 Å². The molecule has 0 radical (unpaired) electrons. The van der Waals surface area contributed by atoms with Crippen molar-refractivity contribution in [3.8, 4) is 5.75 Å².